The van der Waals surface area contributed by atoms with Crippen molar-refractivity contribution in [2.24, 2.45) is 0 Å². The van der Waals surface area contributed by atoms with Crippen LogP contribution in [0.1, 0.15) is 22.8 Å². The van der Waals surface area contributed by atoms with Crippen LogP contribution in [0.2, 0.25) is 0 Å². The highest BCUT2D eigenvalue weighted by Crippen LogP contribution is 2.25. The third-order valence-corrected chi connectivity index (χ3v) is 4.69. The van der Waals surface area contributed by atoms with E-state index in [0.717, 1.165) is 17.7 Å². The number of nitrogens with one attached hydrogen (secondary N) is 2. The van der Waals surface area contributed by atoms with E-state index in [1.807, 2.05) is 29.6 Å². The lowest BCUT2D eigenvalue weighted by atomic mass is 10.1. The van der Waals surface area contributed by atoms with E-state index in [1.165, 1.54) is 35.1 Å². The second kappa shape index (κ2) is 8.55. The summed E-state index contributed by atoms with van der Waals surface area (Å²) in [6, 6.07) is 13.7. The molecule has 0 saturated carbocycles. The van der Waals surface area contributed by atoms with Gasteiger partial charge in [-0.1, -0.05) is 43.3 Å². The zero-order chi connectivity index (χ0) is 19.2. The van der Waals surface area contributed by atoms with E-state index in [-0.39, 0.29) is 12.1 Å². The van der Waals surface area contributed by atoms with E-state index in [2.05, 4.69) is 22.5 Å². The number of aryl methyl sites for hydroxylation is 1. The number of carbonyl (C=O) groups is 2. The molecule has 0 bridgehead atoms. The van der Waals surface area contributed by atoms with Gasteiger partial charge in [-0.3, -0.25) is 9.59 Å². The van der Waals surface area contributed by atoms with Crippen LogP contribution in [0.3, 0.4) is 0 Å². The Balaban J connectivity index is 1.56. The molecule has 2 aromatic carbocycles. The van der Waals surface area contributed by atoms with Crippen LogP contribution in [0.5, 0.6) is 0 Å². The number of anilines is 1. The summed E-state index contributed by atoms with van der Waals surface area (Å²) in [5, 5.41) is 7.33. The Labute approximate surface area is 160 Å². The molecule has 2 amide bonds. The number of hydrogen-bond donors (Lipinski definition) is 2. The van der Waals surface area contributed by atoms with Gasteiger partial charge in [0.25, 0.3) is 5.91 Å². The summed E-state index contributed by atoms with van der Waals surface area (Å²) in [5.74, 6) is -1.70. The summed E-state index contributed by atoms with van der Waals surface area (Å²) >= 11 is 1.30. The van der Waals surface area contributed by atoms with E-state index < -0.39 is 17.6 Å². The predicted molar refractivity (Wildman–Crippen MR) is 104 cm³/mol. The number of thiazole rings is 1. The van der Waals surface area contributed by atoms with Crippen molar-refractivity contribution < 1.29 is 14.0 Å². The largest absolute Gasteiger partial charge is 0.343 e. The number of rotatable bonds is 6. The van der Waals surface area contributed by atoms with Crippen LogP contribution < -0.4 is 10.6 Å². The Morgan fingerprint density at radius 2 is 1.85 bits per heavy atom. The Hall–Kier alpha value is -3.06. The highest BCUT2D eigenvalue weighted by molar-refractivity contribution is 7.14. The number of carbonyl (C=O) groups excluding carboxylic acids is 2. The van der Waals surface area contributed by atoms with Crippen molar-refractivity contribution in [1.29, 1.82) is 0 Å². The minimum atomic E-state index is -0.640. The molecule has 0 fully saturated rings. The lowest BCUT2D eigenvalue weighted by Gasteiger charge is -2.05. The third kappa shape index (κ3) is 4.77. The average Bonchev–Trinajstić information content (AvgIpc) is 3.15. The summed E-state index contributed by atoms with van der Waals surface area (Å²) in [5.41, 5.74) is 2.88. The van der Waals surface area contributed by atoms with Crippen molar-refractivity contribution in [2.75, 3.05) is 11.9 Å². The maximum atomic E-state index is 13.6. The van der Waals surface area contributed by atoms with Gasteiger partial charge in [-0.05, 0) is 24.1 Å². The molecule has 1 aromatic heterocycles. The van der Waals surface area contributed by atoms with E-state index in [1.54, 1.807) is 6.07 Å². The fourth-order valence-corrected chi connectivity index (χ4v) is 3.18. The molecule has 2 N–H and O–H groups in total. The van der Waals surface area contributed by atoms with Crippen LogP contribution in [0.25, 0.3) is 11.3 Å². The summed E-state index contributed by atoms with van der Waals surface area (Å²) in [6.45, 7) is 1.82. The molecule has 7 heteroatoms. The maximum absolute atomic E-state index is 13.6. The lowest BCUT2D eigenvalue weighted by molar-refractivity contribution is -0.115. The first-order chi connectivity index (χ1) is 13.1. The minimum absolute atomic E-state index is 0.0997. The standard InChI is InChI=1S/C20H18FN3O2S/c1-2-13-7-9-14(10-8-13)17-12-27-20(23-17)24-18(25)11-22-19(26)15-5-3-4-6-16(15)21/h3-10,12H,2,11H2,1H3,(H,22,26)(H,23,24,25). The molecule has 0 spiro atoms. The first-order valence-corrected chi connectivity index (χ1v) is 9.32. The molecular formula is C20H18FN3O2S. The number of benzene rings is 2. The van der Waals surface area contributed by atoms with Crippen molar-refractivity contribution in [3.8, 4) is 11.3 Å². The number of nitrogens with zero attached hydrogens (tertiary/aromatic N) is 1. The van der Waals surface area contributed by atoms with Crippen LogP contribution in [0, 0.1) is 5.82 Å². The van der Waals surface area contributed by atoms with Gasteiger partial charge in [0.05, 0.1) is 17.8 Å². The van der Waals surface area contributed by atoms with Gasteiger partial charge in [0.15, 0.2) is 5.13 Å². The van der Waals surface area contributed by atoms with E-state index in [4.69, 9.17) is 0 Å². The van der Waals surface area contributed by atoms with E-state index in [9.17, 15) is 14.0 Å². The van der Waals surface area contributed by atoms with Crippen molar-refractivity contribution in [2.45, 2.75) is 13.3 Å². The van der Waals surface area contributed by atoms with Crippen LogP contribution >= 0.6 is 11.3 Å². The number of hydrogen-bond acceptors (Lipinski definition) is 4. The molecule has 0 unspecified atom stereocenters. The molecule has 1 heterocycles. The van der Waals surface area contributed by atoms with Gasteiger partial charge >= 0.3 is 0 Å². The summed E-state index contributed by atoms with van der Waals surface area (Å²) in [7, 11) is 0. The van der Waals surface area contributed by atoms with Crippen LogP contribution in [0.15, 0.2) is 53.9 Å². The molecule has 0 aliphatic carbocycles. The highest BCUT2D eigenvalue weighted by Gasteiger charge is 2.13. The van der Waals surface area contributed by atoms with E-state index in [0.29, 0.717) is 5.13 Å². The van der Waals surface area contributed by atoms with Crippen molar-refractivity contribution in [1.82, 2.24) is 10.3 Å². The molecule has 27 heavy (non-hydrogen) atoms. The summed E-state index contributed by atoms with van der Waals surface area (Å²) in [4.78, 5) is 28.3. The monoisotopic (exact) mass is 383 g/mol. The zero-order valence-corrected chi connectivity index (χ0v) is 15.5. The van der Waals surface area contributed by atoms with Crippen LogP contribution in [0.4, 0.5) is 9.52 Å². The zero-order valence-electron chi connectivity index (χ0n) is 14.7. The summed E-state index contributed by atoms with van der Waals surface area (Å²) in [6.07, 6.45) is 0.969. The molecule has 0 radical (unpaired) electrons. The Kier molecular flexibility index (Phi) is 5.93. The van der Waals surface area contributed by atoms with Gasteiger partial charge in [-0.25, -0.2) is 9.37 Å². The molecule has 3 rings (SSSR count). The van der Waals surface area contributed by atoms with Crippen molar-refractivity contribution >= 4 is 28.3 Å². The molecule has 0 aliphatic rings. The number of aromatic nitrogens is 1. The van der Waals surface area contributed by atoms with Gasteiger partial charge in [0.2, 0.25) is 5.91 Å². The third-order valence-electron chi connectivity index (χ3n) is 3.94. The highest BCUT2D eigenvalue weighted by atomic mass is 32.1. The van der Waals surface area contributed by atoms with Gasteiger partial charge in [-0.2, -0.15) is 0 Å². The first kappa shape index (κ1) is 18.7. The molecule has 0 aliphatic heterocycles. The second-order valence-electron chi connectivity index (χ2n) is 5.80. The van der Waals surface area contributed by atoms with Crippen LogP contribution in [-0.4, -0.2) is 23.3 Å². The molecule has 5 nitrogen and oxygen atoms in total. The normalized spacial score (nSPS) is 10.4. The van der Waals surface area contributed by atoms with Gasteiger partial charge < -0.3 is 10.6 Å². The molecule has 3 aromatic rings. The Morgan fingerprint density at radius 1 is 1.11 bits per heavy atom. The quantitative estimate of drug-likeness (QED) is 0.679. The topological polar surface area (TPSA) is 71.1 Å². The fraction of sp³-hybridized carbons (Fsp3) is 0.150. The van der Waals surface area contributed by atoms with Gasteiger partial charge in [0.1, 0.15) is 5.82 Å². The SMILES string of the molecule is CCc1ccc(-c2csc(NC(=O)CNC(=O)c3ccccc3F)n2)cc1. The molecule has 0 saturated heterocycles. The fourth-order valence-electron chi connectivity index (χ4n) is 2.44. The predicted octanol–water partition coefficient (Wildman–Crippen LogP) is 3.88. The summed E-state index contributed by atoms with van der Waals surface area (Å²) < 4.78 is 13.6. The molecule has 0 atom stereocenters. The Bertz CT molecular complexity index is 954. The number of halogens is 1. The van der Waals surface area contributed by atoms with Crippen molar-refractivity contribution in [3.05, 3.63) is 70.9 Å². The van der Waals surface area contributed by atoms with Gasteiger partial charge in [0, 0.05) is 10.9 Å². The van der Waals surface area contributed by atoms with Gasteiger partial charge in [-0.15, -0.1) is 11.3 Å². The lowest BCUT2D eigenvalue weighted by Crippen LogP contribution is -2.33. The Morgan fingerprint density at radius 3 is 2.56 bits per heavy atom. The van der Waals surface area contributed by atoms with Crippen molar-refractivity contribution in [3.63, 3.8) is 0 Å². The number of amides is 2. The average molecular weight is 383 g/mol. The second-order valence-corrected chi connectivity index (χ2v) is 6.66. The maximum Gasteiger partial charge on any atom is 0.254 e. The molecular weight excluding hydrogens is 365 g/mol. The van der Waals surface area contributed by atoms with Crippen LogP contribution in [-0.2, 0) is 11.2 Å². The van der Waals surface area contributed by atoms with E-state index >= 15 is 0 Å². The first-order valence-electron chi connectivity index (χ1n) is 8.44. The smallest absolute Gasteiger partial charge is 0.254 e. The molecule has 138 valence electrons. The minimum Gasteiger partial charge on any atom is -0.343 e.